The number of benzene rings is 1. The summed E-state index contributed by atoms with van der Waals surface area (Å²) >= 11 is 0. The molecule has 0 aliphatic heterocycles. The summed E-state index contributed by atoms with van der Waals surface area (Å²) in [6, 6.07) is 8.10. The van der Waals surface area contributed by atoms with Crippen molar-refractivity contribution < 1.29 is 4.74 Å². The predicted octanol–water partition coefficient (Wildman–Crippen LogP) is 6.38. The van der Waals surface area contributed by atoms with E-state index in [4.69, 9.17) is 4.74 Å². The number of unbranched alkanes of at least 4 members (excludes halogenated alkanes) is 1. The van der Waals surface area contributed by atoms with Gasteiger partial charge in [-0.05, 0) is 74.3 Å². The van der Waals surface area contributed by atoms with Gasteiger partial charge in [0.05, 0.1) is 6.61 Å². The molecule has 0 amide bonds. The molecule has 1 nitrogen and oxygen atoms in total. The lowest BCUT2D eigenvalue weighted by Gasteiger charge is -2.26. The normalized spacial score (nSPS) is 20.6. The van der Waals surface area contributed by atoms with E-state index >= 15 is 0 Å². The van der Waals surface area contributed by atoms with Crippen LogP contribution in [0.2, 0.25) is 0 Å². The lowest BCUT2D eigenvalue weighted by Crippen LogP contribution is -2.12. The number of hydrogen-bond donors (Lipinski definition) is 0. The fourth-order valence-electron chi connectivity index (χ4n) is 3.36. The van der Waals surface area contributed by atoms with Gasteiger partial charge in [0, 0.05) is 5.56 Å². The lowest BCUT2D eigenvalue weighted by atomic mass is 9.80. The van der Waals surface area contributed by atoms with E-state index in [-0.39, 0.29) is 0 Å². The van der Waals surface area contributed by atoms with Gasteiger partial charge >= 0.3 is 0 Å². The third kappa shape index (κ3) is 6.83. The largest absolute Gasteiger partial charge is 0.494 e. The molecule has 0 saturated heterocycles. The van der Waals surface area contributed by atoms with Gasteiger partial charge in [0.1, 0.15) is 5.75 Å². The molecule has 24 heavy (non-hydrogen) atoms. The first-order chi connectivity index (χ1) is 11.8. The smallest absolute Gasteiger partial charge is 0.119 e. The van der Waals surface area contributed by atoms with Gasteiger partial charge in [0.25, 0.3) is 0 Å². The van der Waals surface area contributed by atoms with E-state index < -0.39 is 0 Å². The van der Waals surface area contributed by atoms with Crippen molar-refractivity contribution in [1.29, 1.82) is 0 Å². The van der Waals surface area contributed by atoms with Gasteiger partial charge in [0.2, 0.25) is 0 Å². The van der Waals surface area contributed by atoms with E-state index in [1.807, 2.05) is 24.3 Å². The second-order valence-corrected chi connectivity index (χ2v) is 6.92. The van der Waals surface area contributed by atoms with Crippen molar-refractivity contribution in [3.63, 3.8) is 0 Å². The van der Waals surface area contributed by atoms with E-state index in [1.165, 1.54) is 38.5 Å². The van der Waals surface area contributed by atoms with Gasteiger partial charge in [-0.25, -0.2) is 0 Å². The SMILES string of the molecule is CCCCOc1ccc(C#CC=CC2CCC(CCC)CC2)cc1. The van der Waals surface area contributed by atoms with Crippen LogP contribution in [0.3, 0.4) is 0 Å². The van der Waals surface area contributed by atoms with Crippen LogP contribution in [-0.2, 0) is 0 Å². The minimum absolute atomic E-state index is 0.738. The van der Waals surface area contributed by atoms with E-state index in [0.717, 1.165) is 42.6 Å². The molecule has 1 aromatic rings. The van der Waals surface area contributed by atoms with Crippen LogP contribution in [0.4, 0.5) is 0 Å². The summed E-state index contributed by atoms with van der Waals surface area (Å²) in [5, 5.41) is 0. The Morgan fingerprint density at radius 1 is 1.04 bits per heavy atom. The molecule has 1 aliphatic carbocycles. The third-order valence-electron chi connectivity index (χ3n) is 4.88. The monoisotopic (exact) mass is 324 g/mol. The fourth-order valence-corrected chi connectivity index (χ4v) is 3.36. The van der Waals surface area contributed by atoms with Gasteiger partial charge in [0.15, 0.2) is 0 Å². The summed E-state index contributed by atoms with van der Waals surface area (Å²) in [4.78, 5) is 0. The Labute approximate surface area is 148 Å². The number of ether oxygens (including phenoxy) is 1. The van der Waals surface area contributed by atoms with Crippen molar-refractivity contribution in [3.05, 3.63) is 42.0 Å². The molecular weight excluding hydrogens is 292 g/mol. The van der Waals surface area contributed by atoms with E-state index in [1.54, 1.807) is 0 Å². The highest BCUT2D eigenvalue weighted by Crippen LogP contribution is 2.31. The van der Waals surface area contributed by atoms with E-state index in [9.17, 15) is 0 Å². The fraction of sp³-hybridized carbons (Fsp3) is 0.565. The van der Waals surface area contributed by atoms with Crippen LogP contribution >= 0.6 is 0 Å². The molecule has 0 radical (unpaired) electrons. The van der Waals surface area contributed by atoms with Gasteiger partial charge in [-0.2, -0.15) is 0 Å². The molecule has 0 aromatic heterocycles. The maximum absolute atomic E-state index is 5.67. The Morgan fingerprint density at radius 2 is 1.79 bits per heavy atom. The molecule has 1 aliphatic rings. The molecular formula is C23H32O. The Hall–Kier alpha value is -1.68. The first-order valence-corrected chi connectivity index (χ1v) is 9.72. The van der Waals surface area contributed by atoms with Crippen molar-refractivity contribution >= 4 is 0 Å². The second kappa shape index (κ2) is 11.0. The van der Waals surface area contributed by atoms with Crippen LogP contribution < -0.4 is 4.74 Å². The average molecular weight is 325 g/mol. The van der Waals surface area contributed by atoms with Crippen molar-refractivity contribution in [1.82, 2.24) is 0 Å². The summed E-state index contributed by atoms with van der Waals surface area (Å²) in [5.74, 6) is 9.05. The summed E-state index contributed by atoms with van der Waals surface area (Å²) in [6.45, 7) is 5.27. The van der Waals surface area contributed by atoms with Gasteiger partial charge in [-0.15, -0.1) is 0 Å². The summed E-state index contributed by atoms with van der Waals surface area (Å²) < 4.78 is 5.67. The number of rotatable bonds is 7. The van der Waals surface area contributed by atoms with Crippen LogP contribution in [0.1, 0.15) is 70.8 Å². The van der Waals surface area contributed by atoms with Crippen LogP contribution in [0, 0.1) is 23.7 Å². The Kier molecular flexibility index (Phi) is 8.53. The minimum atomic E-state index is 0.738. The summed E-state index contributed by atoms with van der Waals surface area (Å²) in [7, 11) is 0. The molecule has 1 aromatic carbocycles. The quantitative estimate of drug-likeness (QED) is 0.417. The molecule has 0 bridgehead atoms. The highest BCUT2D eigenvalue weighted by molar-refractivity contribution is 5.40. The molecule has 0 unspecified atom stereocenters. The zero-order valence-electron chi connectivity index (χ0n) is 15.4. The van der Waals surface area contributed by atoms with E-state index in [2.05, 4.69) is 37.8 Å². The first kappa shape index (κ1) is 18.7. The molecule has 2 rings (SSSR count). The van der Waals surface area contributed by atoms with Crippen LogP contribution in [0.15, 0.2) is 36.4 Å². The van der Waals surface area contributed by atoms with Crippen molar-refractivity contribution in [3.8, 4) is 17.6 Å². The zero-order chi connectivity index (χ0) is 17.0. The molecule has 1 saturated carbocycles. The molecule has 0 spiro atoms. The summed E-state index contributed by atoms with van der Waals surface area (Å²) in [5.41, 5.74) is 1.05. The van der Waals surface area contributed by atoms with Crippen LogP contribution in [0.25, 0.3) is 0 Å². The zero-order valence-corrected chi connectivity index (χ0v) is 15.4. The number of allylic oxidation sites excluding steroid dienone is 2. The third-order valence-corrected chi connectivity index (χ3v) is 4.88. The number of hydrogen-bond acceptors (Lipinski definition) is 1. The maximum atomic E-state index is 5.67. The van der Waals surface area contributed by atoms with Gasteiger partial charge in [-0.1, -0.05) is 51.0 Å². The molecule has 0 heterocycles. The van der Waals surface area contributed by atoms with Gasteiger partial charge in [-0.3, -0.25) is 0 Å². The highest BCUT2D eigenvalue weighted by atomic mass is 16.5. The molecule has 1 heteroatoms. The average Bonchev–Trinajstić information content (AvgIpc) is 2.62. The van der Waals surface area contributed by atoms with Crippen molar-refractivity contribution in [2.75, 3.05) is 6.61 Å². The Balaban J connectivity index is 1.74. The highest BCUT2D eigenvalue weighted by Gasteiger charge is 2.18. The Bertz CT molecular complexity index is 536. The molecule has 0 atom stereocenters. The topological polar surface area (TPSA) is 9.23 Å². The standard InChI is InChI=1S/C23H32O/c1-3-5-19-24-23-17-15-22(16-18-23)10-7-6-9-21-13-11-20(8-4-2)12-14-21/h6,9,15-18,20-21H,3-5,8,11-14,19H2,1-2H3. The van der Waals surface area contributed by atoms with Crippen molar-refractivity contribution in [2.24, 2.45) is 11.8 Å². The first-order valence-electron chi connectivity index (χ1n) is 9.72. The van der Waals surface area contributed by atoms with Crippen molar-refractivity contribution in [2.45, 2.75) is 65.2 Å². The predicted molar refractivity (Wildman–Crippen MR) is 103 cm³/mol. The summed E-state index contributed by atoms with van der Waals surface area (Å²) in [6.07, 6.45) is 14.9. The van der Waals surface area contributed by atoms with Crippen LogP contribution in [0.5, 0.6) is 5.75 Å². The van der Waals surface area contributed by atoms with E-state index in [0.29, 0.717) is 0 Å². The maximum Gasteiger partial charge on any atom is 0.119 e. The van der Waals surface area contributed by atoms with Gasteiger partial charge < -0.3 is 4.74 Å². The lowest BCUT2D eigenvalue weighted by molar-refractivity contribution is 0.294. The Morgan fingerprint density at radius 3 is 2.46 bits per heavy atom. The second-order valence-electron chi connectivity index (χ2n) is 6.92. The minimum Gasteiger partial charge on any atom is -0.494 e. The van der Waals surface area contributed by atoms with Crippen LogP contribution in [-0.4, -0.2) is 6.61 Å². The molecule has 1 fully saturated rings. The molecule has 130 valence electrons. The molecule has 0 N–H and O–H groups in total.